The fourth-order valence-corrected chi connectivity index (χ4v) is 1.20. The number of ether oxygens (including phenoxy) is 2. The van der Waals surface area contributed by atoms with Gasteiger partial charge >= 0.3 is 11.9 Å². The van der Waals surface area contributed by atoms with Crippen LogP contribution in [-0.4, -0.2) is 36.4 Å². The molecule has 0 heterocycles. The first-order chi connectivity index (χ1) is 8.82. The number of rotatable bonds is 9. The molecule has 0 saturated carbocycles. The molecule has 0 amide bonds. The number of esters is 2. The molecular formula is C14H26O5. The Labute approximate surface area is 115 Å². The Morgan fingerprint density at radius 3 is 1.89 bits per heavy atom. The van der Waals surface area contributed by atoms with E-state index in [-0.39, 0.29) is 13.0 Å². The summed E-state index contributed by atoms with van der Waals surface area (Å²) in [7, 11) is 0. The number of hydrogen-bond donors (Lipinski definition) is 1. The van der Waals surface area contributed by atoms with Gasteiger partial charge in [-0.1, -0.05) is 27.7 Å². The number of hydrogen-bond acceptors (Lipinski definition) is 5. The molecule has 5 nitrogen and oxygen atoms in total. The number of aliphatic hydroxyl groups is 1. The molecule has 0 fully saturated rings. The van der Waals surface area contributed by atoms with E-state index in [0.29, 0.717) is 18.4 Å². The van der Waals surface area contributed by atoms with Gasteiger partial charge in [-0.3, -0.25) is 4.79 Å². The Balaban J connectivity index is 3.78. The standard InChI is InChI=1S/C14H26O5/c1-10(2)5-7-18-13(16)9-12(15)14(17)19-8-6-11(3)4/h10-12,15H,5-9H2,1-4H3. The zero-order valence-corrected chi connectivity index (χ0v) is 12.3. The number of aliphatic hydroxyl groups excluding tert-OH is 1. The van der Waals surface area contributed by atoms with Crippen LogP contribution in [-0.2, 0) is 19.1 Å². The van der Waals surface area contributed by atoms with Crippen molar-refractivity contribution in [3.63, 3.8) is 0 Å². The highest BCUT2D eigenvalue weighted by atomic mass is 16.6. The molecule has 0 aliphatic heterocycles. The molecule has 0 saturated heterocycles. The van der Waals surface area contributed by atoms with Crippen molar-refractivity contribution in [2.24, 2.45) is 11.8 Å². The molecule has 0 radical (unpaired) electrons. The van der Waals surface area contributed by atoms with Crippen LogP contribution in [0.1, 0.15) is 47.0 Å². The largest absolute Gasteiger partial charge is 0.466 e. The fourth-order valence-electron chi connectivity index (χ4n) is 1.20. The van der Waals surface area contributed by atoms with Gasteiger partial charge in [-0.15, -0.1) is 0 Å². The summed E-state index contributed by atoms with van der Waals surface area (Å²) in [6.45, 7) is 8.64. The summed E-state index contributed by atoms with van der Waals surface area (Å²) in [5, 5.41) is 9.49. The van der Waals surface area contributed by atoms with E-state index in [2.05, 4.69) is 0 Å². The van der Waals surface area contributed by atoms with Crippen molar-refractivity contribution in [2.45, 2.75) is 53.1 Å². The van der Waals surface area contributed by atoms with Gasteiger partial charge < -0.3 is 14.6 Å². The van der Waals surface area contributed by atoms with E-state index in [1.807, 2.05) is 27.7 Å². The first-order valence-electron chi connectivity index (χ1n) is 6.83. The van der Waals surface area contributed by atoms with Crippen LogP contribution >= 0.6 is 0 Å². The average Bonchev–Trinajstić information content (AvgIpc) is 2.27. The minimum Gasteiger partial charge on any atom is -0.466 e. The van der Waals surface area contributed by atoms with Gasteiger partial charge in [-0.2, -0.15) is 0 Å². The molecule has 0 aromatic rings. The van der Waals surface area contributed by atoms with Gasteiger partial charge in [0.1, 0.15) is 0 Å². The van der Waals surface area contributed by atoms with Gasteiger partial charge in [0.25, 0.3) is 0 Å². The van der Waals surface area contributed by atoms with E-state index in [0.717, 1.165) is 12.8 Å². The second-order valence-electron chi connectivity index (χ2n) is 5.47. The lowest BCUT2D eigenvalue weighted by Crippen LogP contribution is -2.27. The van der Waals surface area contributed by atoms with Crippen molar-refractivity contribution >= 4 is 11.9 Å². The van der Waals surface area contributed by atoms with E-state index in [1.54, 1.807) is 0 Å². The quantitative estimate of drug-likeness (QED) is 0.650. The van der Waals surface area contributed by atoms with Crippen LogP contribution in [0.15, 0.2) is 0 Å². The van der Waals surface area contributed by atoms with Crippen LogP contribution in [0.25, 0.3) is 0 Å². The Kier molecular flexibility index (Phi) is 9.21. The third-order valence-corrected chi connectivity index (χ3v) is 2.53. The second kappa shape index (κ2) is 9.78. The van der Waals surface area contributed by atoms with Gasteiger partial charge in [0.2, 0.25) is 0 Å². The molecule has 1 N–H and O–H groups in total. The molecule has 1 atom stereocenters. The monoisotopic (exact) mass is 274 g/mol. The Hall–Kier alpha value is -1.10. The Morgan fingerprint density at radius 2 is 1.42 bits per heavy atom. The normalized spacial score (nSPS) is 12.6. The van der Waals surface area contributed by atoms with Crippen molar-refractivity contribution in [1.82, 2.24) is 0 Å². The average molecular weight is 274 g/mol. The molecule has 0 aromatic heterocycles. The molecule has 19 heavy (non-hydrogen) atoms. The molecule has 0 aliphatic carbocycles. The number of carbonyl (C=O) groups excluding carboxylic acids is 2. The molecule has 0 aromatic carbocycles. The highest BCUT2D eigenvalue weighted by Crippen LogP contribution is 2.04. The first-order valence-corrected chi connectivity index (χ1v) is 6.83. The third-order valence-electron chi connectivity index (χ3n) is 2.53. The first kappa shape index (κ1) is 17.9. The van der Waals surface area contributed by atoms with E-state index < -0.39 is 18.0 Å². The maximum atomic E-state index is 11.4. The molecule has 1 unspecified atom stereocenters. The molecule has 5 heteroatoms. The van der Waals surface area contributed by atoms with Crippen molar-refractivity contribution in [1.29, 1.82) is 0 Å². The van der Waals surface area contributed by atoms with Crippen molar-refractivity contribution in [2.75, 3.05) is 13.2 Å². The maximum Gasteiger partial charge on any atom is 0.335 e. The molecular weight excluding hydrogens is 248 g/mol. The van der Waals surface area contributed by atoms with Crippen molar-refractivity contribution < 1.29 is 24.2 Å². The minimum absolute atomic E-state index is 0.260. The van der Waals surface area contributed by atoms with Gasteiger partial charge in [-0.05, 0) is 24.7 Å². The summed E-state index contributed by atoms with van der Waals surface area (Å²) < 4.78 is 9.77. The lowest BCUT2D eigenvalue weighted by molar-refractivity contribution is -0.160. The highest BCUT2D eigenvalue weighted by Gasteiger charge is 2.21. The van der Waals surface area contributed by atoms with Gasteiger partial charge in [0.05, 0.1) is 19.6 Å². The fraction of sp³-hybridized carbons (Fsp3) is 0.857. The Morgan fingerprint density at radius 1 is 0.947 bits per heavy atom. The SMILES string of the molecule is CC(C)CCOC(=O)CC(O)C(=O)OCCC(C)C. The van der Waals surface area contributed by atoms with Crippen LogP contribution in [0, 0.1) is 11.8 Å². The molecule has 0 rings (SSSR count). The molecule has 0 bridgehead atoms. The van der Waals surface area contributed by atoms with Gasteiger partial charge in [-0.25, -0.2) is 4.79 Å². The predicted octanol–water partition coefficient (Wildman–Crippen LogP) is 1.92. The van der Waals surface area contributed by atoms with Crippen LogP contribution in [0.5, 0.6) is 0 Å². The summed E-state index contributed by atoms with van der Waals surface area (Å²) >= 11 is 0. The maximum absolute atomic E-state index is 11.4. The van der Waals surface area contributed by atoms with Crippen LogP contribution in [0.2, 0.25) is 0 Å². The Bertz CT molecular complexity index is 273. The zero-order chi connectivity index (χ0) is 14.8. The summed E-state index contributed by atoms with van der Waals surface area (Å²) in [6, 6.07) is 0. The van der Waals surface area contributed by atoms with Crippen molar-refractivity contribution in [3.05, 3.63) is 0 Å². The second-order valence-corrected chi connectivity index (χ2v) is 5.47. The third kappa shape index (κ3) is 10.5. The summed E-state index contributed by atoms with van der Waals surface area (Å²) in [5.74, 6) is -0.472. The summed E-state index contributed by atoms with van der Waals surface area (Å²) in [5.41, 5.74) is 0. The van der Waals surface area contributed by atoms with E-state index in [1.165, 1.54) is 0 Å². The van der Waals surface area contributed by atoms with E-state index in [9.17, 15) is 14.7 Å². The minimum atomic E-state index is -1.43. The summed E-state index contributed by atoms with van der Waals surface area (Å²) in [4.78, 5) is 22.7. The van der Waals surface area contributed by atoms with Crippen molar-refractivity contribution in [3.8, 4) is 0 Å². The van der Waals surface area contributed by atoms with E-state index >= 15 is 0 Å². The summed E-state index contributed by atoms with van der Waals surface area (Å²) in [6.07, 6.45) is -0.282. The lowest BCUT2D eigenvalue weighted by atomic mass is 10.1. The lowest BCUT2D eigenvalue weighted by Gasteiger charge is -2.12. The molecule has 0 spiro atoms. The van der Waals surface area contributed by atoms with Crippen LogP contribution in [0.4, 0.5) is 0 Å². The highest BCUT2D eigenvalue weighted by molar-refractivity contribution is 5.81. The van der Waals surface area contributed by atoms with E-state index in [4.69, 9.17) is 9.47 Å². The zero-order valence-electron chi connectivity index (χ0n) is 12.3. The van der Waals surface area contributed by atoms with Crippen LogP contribution in [0.3, 0.4) is 0 Å². The van der Waals surface area contributed by atoms with Gasteiger partial charge in [0, 0.05) is 0 Å². The molecule has 0 aliphatic rings. The molecule has 112 valence electrons. The topological polar surface area (TPSA) is 72.8 Å². The smallest absolute Gasteiger partial charge is 0.335 e. The van der Waals surface area contributed by atoms with Crippen LogP contribution < -0.4 is 0 Å². The predicted molar refractivity (Wildman–Crippen MR) is 71.5 cm³/mol. The van der Waals surface area contributed by atoms with Gasteiger partial charge in [0.15, 0.2) is 6.10 Å². The number of carbonyl (C=O) groups is 2.